The van der Waals surface area contributed by atoms with Crippen LogP contribution >= 0.6 is 0 Å². The first-order chi connectivity index (χ1) is 8.90. The lowest BCUT2D eigenvalue weighted by Crippen LogP contribution is -2.26. The van der Waals surface area contributed by atoms with E-state index in [0.29, 0.717) is 5.75 Å². The summed E-state index contributed by atoms with van der Waals surface area (Å²) in [5.74, 6) is 0.350. The highest BCUT2D eigenvalue weighted by molar-refractivity contribution is 7.87. The van der Waals surface area contributed by atoms with E-state index in [1.807, 2.05) is 0 Å². The monoisotopic (exact) mass is 287 g/mol. The predicted molar refractivity (Wildman–Crippen MR) is 66.8 cm³/mol. The lowest BCUT2D eigenvalue weighted by atomic mass is 10.2. The summed E-state index contributed by atoms with van der Waals surface area (Å²) < 4.78 is 39.5. The Morgan fingerprint density at radius 3 is 2.47 bits per heavy atom. The van der Waals surface area contributed by atoms with Gasteiger partial charge in [-0.2, -0.15) is 8.42 Å². The minimum Gasteiger partial charge on any atom is -0.497 e. The van der Waals surface area contributed by atoms with E-state index in [9.17, 15) is 17.1 Å². The number of hydrogen-bond acceptors (Lipinski definition) is 4. The summed E-state index contributed by atoms with van der Waals surface area (Å²) in [4.78, 5) is 13.0. The Kier molecular flexibility index (Phi) is 3.75. The molecule has 1 aromatic rings. The van der Waals surface area contributed by atoms with E-state index in [2.05, 4.69) is 0 Å². The molecule has 1 unspecified atom stereocenters. The number of carbonyl (C=O) groups excluding carboxylic acids is 1. The van der Waals surface area contributed by atoms with Crippen LogP contribution in [0.25, 0.3) is 0 Å². The predicted octanol–water partition coefficient (Wildman–Crippen LogP) is 1.10. The third-order valence-corrected chi connectivity index (χ3v) is 4.22. The number of hydrogen-bond donors (Lipinski definition) is 0. The average molecular weight is 287 g/mol. The van der Waals surface area contributed by atoms with Gasteiger partial charge in [0.15, 0.2) is 0 Å². The third kappa shape index (κ3) is 3.23. The Balaban J connectivity index is 2.05. The van der Waals surface area contributed by atoms with Crippen molar-refractivity contribution >= 4 is 16.1 Å². The van der Waals surface area contributed by atoms with E-state index in [0.717, 1.165) is 5.56 Å². The van der Waals surface area contributed by atoms with Gasteiger partial charge < -0.3 is 9.64 Å². The number of ether oxygens (including phenoxy) is 1. The summed E-state index contributed by atoms with van der Waals surface area (Å²) in [5, 5.41) is -1.24. The van der Waals surface area contributed by atoms with Crippen molar-refractivity contribution in [3.63, 3.8) is 0 Å². The van der Waals surface area contributed by atoms with Crippen LogP contribution in [0.3, 0.4) is 0 Å². The molecule has 1 saturated heterocycles. The Morgan fingerprint density at radius 2 is 2.00 bits per heavy atom. The van der Waals surface area contributed by atoms with Crippen LogP contribution in [0.1, 0.15) is 12.0 Å². The molecule has 19 heavy (non-hydrogen) atoms. The Bertz CT molecular complexity index is 570. The van der Waals surface area contributed by atoms with Crippen molar-refractivity contribution in [3.8, 4) is 5.75 Å². The molecule has 2 rings (SSSR count). The Hall–Kier alpha value is -1.63. The molecule has 1 fully saturated rings. The van der Waals surface area contributed by atoms with Crippen molar-refractivity contribution in [1.82, 2.24) is 4.90 Å². The first kappa shape index (κ1) is 13.8. The molecule has 1 aliphatic heterocycles. The fourth-order valence-corrected chi connectivity index (χ4v) is 2.73. The molecular formula is C12H14FNO4S. The highest BCUT2D eigenvalue weighted by atomic mass is 32.3. The molecule has 0 radical (unpaired) electrons. The first-order valence-corrected chi connectivity index (χ1v) is 7.19. The van der Waals surface area contributed by atoms with Crippen molar-refractivity contribution < 1.29 is 21.8 Å². The summed E-state index contributed by atoms with van der Waals surface area (Å²) >= 11 is 0. The molecule has 0 aromatic heterocycles. The fourth-order valence-electron chi connectivity index (χ4n) is 2.03. The van der Waals surface area contributed by atoms with Crippen LogP contribution in [0.15, 0.2) is 24.3 Å². The normalized spacial score (nSPS) is 19.8. The van der Waals surface area contributed by atoms with E-state index in [1.165, 1.54) is 4.90 Å². The van der Waals surface area contributed by atoms with Crippen LogP contribution in [0.2, 0.25) is 0 Å². The molecule has 1 amide bonds. The van der Waals surface area contributed by atoms with E-state index < -0.39 is 15.5 Å². The van der Waals surface area contributed by atoms with Gasteiger partial charge in [-0.05, 0) is 17.7 Å². The minimum absolute atomic E-state index is 0.0936. The quantitative estimate of drug-likeness (QED) is 0.778. The molecule has 104 valence electrons. The summed E-state index contributed by atoms with van der Waals surface area (Å²) in [6.07, 6.45) is -0.283. The van der Waals surface area contributed by atoms with Crippen molar-refractivity contribution in [2.24, 2.45) is 0 Å². The molecule has 7 heteroatoms. The van der Waals surface area contributed by atoms with Crippen LogP contribution in [-0.4, -0.2) is 38.1 Å². The largest absolute Gasteiger partial charge is 0.497 e. The molecular weight excluding hydrogens is 273 g/mol. The molecule has 1 atom stereocenters. The number of benzene rings is 1. The highest BCUT2D eigenvalue weighted by Gasteiger charge is 2.38. The number of amides is 1. The molecule has 1 aromatic carbocycles. The first-order valence-electron chi connectivity index (χ1n) is 5.74. The van der Waals surface area contributed by atoms with Gasteiger partial charge in [0.2, 0.25) is 5.91 Å². The standard InChI is InChI=1S/C12H14FNO4S/c1-18-10-4-2-9(3-5-10)7-14-8-11(6-12(14)15)19(13,16)17/h2-5,11H,6-8H2,1H3. The maximum atomic E-state index is 12.9. The van der Waals surface area contributed by atoms with Gasteiger partial charge in [0.25, 0.3) is 0 Å². The van der Waals surface area contributed by atoms with E-state index in [-0.39, 0.29) is 25.4 Å². The van der Waals surface area contributed by atoms with Crippen molar-refractivity contribution in [1.29, 1.82) is 0 Å². The minimum atomic E-state index is -4.65. The van der Waals surface area contributed by atoms with Gasteiger partial charge in [-0.3, -0.25) is 4.79 Å². The molecule has 0 saturated carbocycles. The smallest absolute Gasteiger partial charge is 0.307 e. The van der Waals surface area contributed by atoms with E-state index in [1.54, 1.807) is 31.4 Å². The molecule has 0 spiro atoms. The Morgan fingerprint density at radius 1 is 1.37 bits per heavy atom. The summed E-state index contributed by atoms with van der Waals surface area (Å²) in [6.45, 7) is 0.179. The highest BCUT2D eigenvalue weighted by Crippen LogP contribution is 2.22. The second-order valence-corrected chi connectivity index (χ2v) is 6.04. The van der Waals surface area contributed by atoms with Gasteiger partial charge in [-0.1, -0.05) is 12.1 Å². The van der Waals surface area contributed by atoms with Crippen LogP contribution < -0.4 is 4.74 Å². The van der Waals surface area contributed by atoms with Gasteiger partial charge >= 0.3 is 10.2 Å². The topological polar surface area (TPSA) is 63.7 Å². The average Bonchev–Trinajstić information content (AvgIpc) is 2.72. The summed E-state index contributed by atoms with van der Waals surface area (Å²) in [6, 6.07) is 7.06. The van der Waals surface area contributed by atoms with Crippen LogP contribution in [-0.2, 0) is 21.6 Å². The van der Waals surface area contributed by atoms with Crippen LogP contribution in [0, 0.1) is 0 Å². The number of nitrogens with zero attached hydrogens (tertiary/aromatic N) is 1. The molecule has 0 bridgehead atoms. The zero-order valence-corrected chi connectivity index (χ0v) is 11.2. The van der Waals surface area contributed by atoms with Gasteiger partial charge in [0, 0.05) is 19.5 Å². The number of methoxy groups -OCH3 is 1. The van der Waals surface area contributed by atoms with E-state index in [4.69, 9.17) is 4.74 Å². The Labute approximate surface area is 111 Å². The summed E-state index contributed by atoms with van der Waals surface area (Å²) in [7, 11) is -3.10. The summed E-state index contributed by atoms with van der Waals surface area (Å²) in [5.41, 5.74) is 0.839. The van der Waals surface area contributed by atoms with Gasteiger partial charge in [0.1, 0.15) is 11.0 Å². The number of likely N-dealkylation sites (tertiary alicyclic amines) is 1. The SMILES string of the molecule is COc1ccc(CN2CC(S(=O)(=O)F)CC2=O)cc1. The van der Waals surface area contributed by atoms with Gasteiger partial charge in [0.05, 0.1) is 7.11 Å². The molecule has 1 aliphatic rings. The third-order valence-electron chi connectivity index (χ3n) is 3.11. The number of rotatable bonds is 4. The van der Waals surface area contributed by atoms with Crippen molar-refractivity contribution in [2.45, 2.75) is 18.2 Å². The van der Waals surface area contributed by atoms with E-state index >= 15 is 0 Å². The fraction of sp³-hybridized carbons (Fsp3) is 0.417. The lowest BCUT2D eigenvalue weighted by Gasteiger charge is -2.16. The van der Waals surface area contributed by atoms with Crippen molar-refractivity contribution in [2.75, 3.05) is 13.7 Å². The molecule has 0 N–H and O–H groups in total. The van der Waals surface area contributed by atoms with Crippen LogP contribution in [0.4, 0.5) is 3.89 Å². The molecule has 0 aliphatic carbocycles. The second-order valence-electron chi connectivity index (χ2n) is 4.42. The second kappa shape index (κ2) is 5.16. The van der Waals surface area contributed by atoms with Crippen molar-refractivity contribution in [3.05, 3.63) is 29.8 Å². The van der Waals surface area contributed by atoms with Crippen LogP contribution in [0.5, 0.6) is 5.75 Å². The molecule has 5 nitrogen and oxygen atoms in total. The maximum absolute atomic E-state index is 12.9. The van der Waals surface area contributed by atoms with Gasteiger partial charge in [-0.15, -0.1) is 3.89 Å². The lowest BCUT2D eigenvalue weighted by molar-refractivity contribution is -0.128. The zero-order valence-electron chi connectivity index (χ0n) is 10.4. The number of carbonyl (C=O) groups is 1. The zero-order chi connectivity index (χ0) is 14.0. The van der Waals surface area contributed by atoms with Gasteiger partial charge in [-0.25, -0.2) is 0 Å². The maximum Gasteiger partial charge on any atom is 0.307 e. The number of halogens is 1. The molecule has 1 heterocycles.